The van der Waals surface area contributed by atoms with Crippen LogP contribution in [-0.2, 0) is 9.53 Å². The minimum Gasteiger partial charge on any atom is -0.463 e. The van der Waals surface area contributed by atoms with Crippen molar-refractivity contribution in [3.63, 3.8) is 0 Å². The Morgan fingerprint density at radius 2 is 1.96 bits per heavy atom. The Kier molecular flexibility index (Phi) is 5.04. The zero-order valence-electron chi connectivity index (χ0n) is 15.4. The lowest BCUT2D eigenvalue weighted by Crippen LogP contribution is -2.57. The van der Waals surface area contributed by atoms with Crippen LogP contribution in [0.1, 0.15) is 52.4 Å². The molecule has 5 heteroatoms. The second kappa shape index (κ2) is 6.67. The summed E-state index contributed by atoms with van der Waals surface area (Å²) in [6.07, 6.45) is 3.62. The third-order valence-corrected chi connectivity index (χ3v) is 7.62. The van der Waals surface area contributed by atoms with E-state index < -0.39 is 23.5 Å². The molecule has 1 heterocycles. The Balaban J connectivity index is 1.80. The highest BCUT2D eigenvalue weighted by Gasteiger charge is 2.57. The standard InChI is InChI=1S/C20H32O5/c1-12-4-7-16-19(2,9-8-17(23)20(16,3)11-21)14(12)6-5-13-15(22)10-25-18(13)24/h13-17,21-23H,1,4-11H2,2-3H3/t13?,14-,15?,16+,17-,19+,20+/m1/s1. The molecule has 7 atom stereocenters. The molecule has 25 heavy (non-hydrogen) atoms. The quantitative estimate of drug-likeness (QED) is 0.532. The molecule has 2 aliphatic carbocycles. The molecule has 3 fully saturated rings. The van der Waals surface area contributed by atoms with Gasteiger partial charge in [0.05, 0.1) is 18.6 Å². The van der Waals surface area contributed by atoms with Gasteiger partial charge >= 0.3 is 5.97 Å². The predicted molar refractivity (Wildman–Crippen MR) is 93.6 cm³/mol. The number of fused-ring (bicyclic) bond motifs is 1. The van der Waals surface area contributed by atoms with Crippen molar-refractivity contribution in [1.82, 2.24) is 0 Å². The third-order valence-electron chi connectivity index (χ3n) is 7.62. The van der Waals surface area contributed by atoms with Crippen molar-refractivity contribution < 1.29 is 24.9 Å². The minimum absolute atomic E-state index is 0.0126. The number of rotatable bonds is 4. The van der Waals surface area contributed by atoms with Crippen LogP contribution >= 0.6 is 0 Å². The van der Waals surface area contributed by atoms with Gasteiger partial charge in [0, 0.05) is 5.41 Å². The Labute approximate surface area is 150 Å². The molecule has 142 valence electrons. The maximum atomic E-state index is 11.8. The van der Waals surface area contributed by atoms with Crippen LogP contribution in [-0.4, -0.2) is 46.7 Å². The van der Waals surface area contributed by atoms with Crippen molar-refractivity contribution in [2.24, 2.45) is 28.6 Å². The summed E-state index contributed by atoms with van der Waals surface area (Å²) in [4.78, 5) is 11.8. The van der Waals surface area contributed by atoms with Gasteiger partial charge in [-0.05, 0) is 55.8 Å². The van der Waals surface area contributed by atoms with E-state index in [9.17, 15) is 20.1 Å². The van der Waals surface area contributed by atoms with Crippen molar-refractivity contribution in [1.29, 1.82) is 0 Å². The fourth-order valence-electron chi connectivity index (χ4n) is 5.94. The first-order valence-electron chi connectivity index (χ1n) is 9.55. The number of aliphatic hydroxyl groups is 3. The van der Waals surface area contributed by atoms with Gasteiger partial charge in [-0.2, -0.15) is 0 Å². The molecule has 0 spiro atoms. The smallest absolute Gasteiger partial charge is 0.311 e. The van der Waals surface area contributed by atoms with Gasteiger partial charge in [-0.1, -0.05) is 26.0 Å². The molecule has 0 radical (unpaired) electrons. The van der Waals surface area contributed by atoms with Gasteiger partial charge in [0.15, 0.2) is 0 Å². The Morgan fingerprint density at radius 1 is 1.24 bits per heavy atom. The van der Waals surface area contributed by atoms with Gasteiger partial charge in [-0.3, -0.25) is 4.79 Å². The summed E-state index contributed by atoms with van der Waals surface area (Å²) >= 11 is 0. The van der Waals surface area contributed by atoms with E-state index in [1.54, 1.807) is 0 Å². The van der Waals surface area contributed by atoms with Gasteiger partial charge in [-0.15, -0.1) is 0 Å². The molecular weight excluding hydrogens is 320 g/mol. The molecule has 3 aliphatic rings. The molecule has 3 N–H and O–H groups in total. The molecule has 0 aromatic carbocycles. The molecule has 2 unspecified atom stereocenters. The molecule has 5 nitrogen and oxygen atoms in total. The van der Waals surface area contributed by atoms with Crippen LogP contribution in [0.3, 0.4) is 0 Å². The zero-order valence-corrected chi connectivity index (χ0v) is 15.4. The number of carbonyl (C=O) groups excluding carboxylic acids is 1. The second-order valence-corrected chi connectivity index (χ2v) is 8.91. The van der Waals surface area contributed by atoms with E-state index in [1.165, 1.54) is 5.57 Å². The summed E-state index contributed by atoms with van der Waals surface area (Å²) < 4.78 is 4.96. The highest BCUT2D eigenvalue weighted by molar-refractivity contribution is 5.75. The van der Waals surface area contributed by atoms with Gasteiger partial charge in [0.25, 0.3) is 0 Å². The van der Waals surface area contributed by atoms with Crippen LogP contribution < -0.4 is 0 Å². The molecule has 0 aromatic rings. The number of aliphatic hydroxyl groups excluding tert-OH is 3. The molecule has 0 amide bonds. The average Bonchev–Trinajstić information content (AvgIpc) is 2.89. The van der Waals surface area contributed by atoms with E-state index in [0.717, 1.165) is 25.7 Å². The number of esters is 1. The van der Waals surface area contributed by atoms with E-state index in [1.807, 2.05) is 6.92 Å². The third kappa shape index (κ3) is 2.94. The topological polar surface area (TPSA) is 87.0 Å². The largest absolute Gasteiger partial charge is 0.463 e. The fraction of sp³-hybridized carbons (Fsp3) is 0.850. The number of cyclic esters (lactones) is 1. The second-order valence-electron chi connectivity index (χ2n) is 8.91. The predicted octanol–water partition coefficient (Wildman–Crippen LogP) is 2.04. The van der Waals surface area contributed by atoms with E-state index in [0.29, 0.717) is 12.8 Å². The highest BCUT2D eigenvalue weighted by Crippen LogP contribution is 2.61. The monoisotopic (exact) mass is 352 g/mol. The SMILES string of the molecule is C=C1CC[C@@H]2[C@](C)(CO)[C@H](O)CC[C@@]2(C)[C@@H]1CCC1C(=O)OCC1O. The number of carbonyl (C=O) groups is 1. The van der Waals surface area contributed by atoms with Crippen molar-refractivity contribution in [3.8, 4) is 0 Å². The first kappa shape index (κ1) is 18.9. The van der Waals surface area contributed by atoms with Crippen molar-refractivity contribution in [2.75, 3.05) is 13.2 Å². The first-order chi connectivity index (χ1) is 11.7. The average molecular weight is 352 g/mol. The lowest BCUT2D eigenvalue weighted by Gasteiger charge is -2.60. The van der Waals surface area contributed by atoms with Gasteiger partial charge in [0.1, 0.15) is 12.7 Å². The molecule has 1 aliphatic heterocycles. The summed E-state index contributed by atoms with van der Waals surface area (Å²) in [5, 5.41) is 30.5. The summed E-state index contributed by atoms with van der Waals surface area (Å²) in [5.41, 5.74) is 0.674. The minimum atomic E-state index is -0.705. The van der Waals surface area contributed by atoms with Gasteiger partial charge < -0.3 is 20.1 Å². The van der Waals surface area contributed by atoms with Gasteiger partial charge in [-0.25, -0.2) is 0 Å². The van der Waals surface area contributed by atoms with E-state index in [4.69, 9.17) is 4.74 Å². The maximum Gasteiger partial charge on any atom is 0.311 e. The summed E-state index contributed by atoms with van der Waals surface area (Å²) in [6, 6.07) is 0. The van der Waals surface area contributed by atoms with Gasteiger partial charge in [0.2, 0.25) is 0 Å². The summed E-state index contributed by atoms with van der Waals surface area (Å²) in [6.45, 7) is 8.66. The Morgan fingerprint density at radius 3 is 2.56 bits per heavy atom. The normalized spacial score (nSPS) is 47.5. The van der Waals surface area contributed by atoms with Crippen molar-refractivity contribution >= 4 is 5.97 Å². The molecule has 0 bridgehead atoms. The summed E-state index contributed by atoms with van der Waals surface area (Å²) in [7, 11) is 0. The van der Waals surface area contributed by atoms with E-state index in [2.05, 4.69) is 13.5 Å². The first-order valence-corrected chi connectivity index (χ1v) is 9.55. The number of ether oxygens (including phenoxy) is 1. The zero-order chi connectivity index (χ0) is 18.4. The molecule has 0 aromatic heterocycles. The Bertz CT molecular complexity index is 546. The van der Waals surface area contributed by atoms with Crippen LogP contribution in [0.15, 0.2) is 12.2 Å². The molecule has 3 rings (SSSR count). The highest BCUT2D eigenvalue weighted by atomic mass is 16.6. The van der Waals surface area contributed by atoms with Crippen molar-refractivity contribution in [2.45, 2.75) is 64.6 Å². The van der Waals surface area contributed by atoms with Crippen LogP contribution in [0.2, 0.25) is 0 Å². The van der Waals surface area contributed by atoms with Crippen LogP contribution in [0.5, 0.6) is 0 Å². The maximum absolute atomic E-state index is 11.8. The van der Waals surface area contributed by atoms with Crippen LogP contribution in [0, 0.1) is 28.6 Å². The summed E-state index contributed by atoms with van der Waals surface area (Å²) in [5.74, 6) is -0.264. The number of hydrogen-bond donors (Lipinski definition) is 3. The lowest BCUT2D eigenvalue weighted by molar-refractivity contribution is -0.153. The molecule has 1 saturated heterocycles. The lowest BCUT2D eigenvalue weighted by atomic mass is 9.46. The van der Waals surface area contributed by atoms with Crippen LogP contribution in [0.4, 0.5) is 0 Å². The number of allylic oxidation sites excluding steroid dienone is 1. The van der Waals surface area contributed by atoms with Crippen molar-refractivity contribution in [3.05, 3.63) is 12.2 Å². The van der Waals surface area contributed by atoms with E-state index >= 15 is 0 Å². The van der Waals surface area contributed by atoms with E-state index in [-0.39, 0.29) is 36.4 Å². The number of hydrogen-bond acceptors (Lipinski definition) is 5. The van der Waals surface area contributed by atoms with Crippen LogP contribution in [0.25, 0.3) is 0 Å². The molecular formula is C20H32O5. The Hall–Kier alpha value is -0.910. The molecule has 2 saturated carbocycles. The fourth-order valence-corrected chi connectivity index (χ4v) is 5.94.